The molecule has 2 aromatic rings. The van der Waals surface area contributed by atoms with Gasteiger partial charge in [0.25, 0.3) is 0 Å². The standard InChI is InChI=1S/C15H15NO2/c17-15(14-7-3-4-10-16(14)18)9-8-12-5-1-2-6-13(12)11-15/h1-7,10,17H,8-9,11H2. The lowest BCUT2D eigenvalue weighted by atomic mass is 9.78. The first kappa shape index (κ1) is 11.2. The summed E-state index contributed by atoms with van der Waals surface area (Å²) in [6.45, 7) is 0. The molecule has 0 radical (unpaired) electrons. The van der Waals surface area contributed by atoms with Crippen LogP contribution in [0.1, 0.15) is 23.2 Å². The molecule has 1 unspecified atom stereocenters. The number of aromatic nitrogens is 1. The SMILES string of the molecule is [O-][n+]1ccccc1C1(O)CCc2ccccc2C1. The molecule has 0 aliphatic heterocycles. The third-order valence-corrected chi connectivity index (χ3v) is 3.71. The molecule has 1 heterocycles. The molecule has 3 nitrogen and oxygen atoms in total. The Balaban J connectivity index is 2.02. The zero-order valence-corrected chi connectivity index (χ0v) is 10.0. The number of pyridine rings is 1. The number of hydrogen-bond acceptors (Lipinski definition) is 2. The molecule has 0 saturated heterocycles. The minimum Gasteiger partial charge on any atom is -0.618 e. The van der Waals surface area contributed by atoms with Gasteiger partial charge in [-0.05, 0) is 30.0 Å². The van der Waals surface area contributed by atoms with Gasteiger partial charge in [-0.15, -0.1) is 0 Å². The minimum atomic E-state index is -1.04. The van der Waals surface area contributed by atoms with Crippen LogP contribution >= 0.6 is 0 Å². The van der Waals surface area contributed by atoms with E-state index < -0.39 is 5.60 Å². The maximum absolute atomic E-state index is 11.8. The molecule has 0 spiro atoms. The Bertz CT molecular complexity index is 582. The lowest BCUT2D eigenvalue weighted by Gasteiger charge is -2.31. The van der Waals surface area contributed by atoms with Crippen LogP contribution in [-0.2, 0) is 18.4 Å². The predicted molar refractivity (Wildman–Crippen MR) is 67.8 cm³/mol. The lowest BCUT2D eigenvalue weighted by molar-refractivity contribution is -0.623. The Kier molecular flexibility index (Phi) is 2.56. The average molecular weight is 241 g/mol. The molecule has 1 N–H and O–H groups in total. The number of fused-ring (bicyclic) bond motifs is 1. The van der Waals surface area contributed by atoms with Crippen molar-refractivity contribution in [3.63, 3.8) is 0 Å². The van der Waals surface area contributed by atoms with Gasteiger partial charge in [0.15, 0.2) is 11.8 Å². The summed E-state index contributed by atoms with van der Waals surface area (Å²) in [7, 11) is 0. The van der Waals surface area contributed by atoms with Gasteiger partial charge in [-0.25, -0.2) is 0 Å². The summed E-state index contributed by atoms with van der Waals surface area (Å²) in [6.07, 6.45) is 3.35. The van der Waals surface area contributed by atoms with Gasteiger partial charge in [0, 0.05) is 18.6 Å². The van der Waals surface area contributed by atoms with Gasteiger partial charge >= 0.3 is 0 Å². The first-order valence-electron chi connectivity index (χ1n) is 6.17. The number of nitrogens with zero attached hydrogens (tertiary/aromatic N) is 1. The Morgan fingerprint density at radius 1 is 1.06 bits per heavy atom. The molecule has 1 aliphatic carbocycles. The van der Waals surface area contributed by atoms with Crippen molar-refractivity contribution < 1.29 is 9.84 Å². The van der Waals surface area contributed by atoms with Crippen molar-refractivity contribution in [2.24, 2.45) is 0 Å². The first-order valence-corrected chi connectivity index (χ1v) is 6.17. The van der Waals surface area contributed by atoms with E-state index in [1.54, 1.807) is 18.2 Å². The fraction of sp³-hybridized carbons (Fsp3) is 0.267. The van der Waals surface area contributed by atoms with Crippen molar-refractivity contribution >= 4 is 0 Å². The number of aryl methyl sites for hydroxylation is 1. The summed E-state index contributed by atoms with van der Waals surface area (Å²) in [4.78, 5) is 0. The van der Waals surface area contributed by atoms with E-state index in [1.807, 2.05) is 18.2 Å². The summed E-state index contributed by atoms with van der Waals surface area (Å²) in [5, 5.41) is 22.5. The van der Waals surface area contributed by atoms with Crippen LogP contribution in [-0.4, -0.2) is 5.11 Å². The second-order valence-electron chi connectivity index (χ2n) is 4.89. The van der Waals surface area contributed by atoms with Crippen LogP contribution in [0.2, 0.25) is 0 Å². The van der Waals surface area contributed by atoms with E-state index in [9.17, 15) is 10.3 Å². The van der Waals surface area contributed by atoms with Crippen LogP contribution in [0.25, 0.3) is 0 Å². The maximum atomic E-state index is 11.8. The van der Waals surface area contributed by atoms with Gasteiger partial charge in [0.2, 0.25) is 5.69 Å². The van der Waals surface area contributed by atoms with Gasteiger partial charge in [-0.1, -0.05) is 24.3 Å². The molecule has 0 amide bonds. The molecule has 92 valence electrons. The highest BCUT2D eigenvalue weighted by Crippen LogP contribution is 2.34. The smallest absolute Gasteiger partial charge is 0.224 e. The normalized spacial score (nSPS) is 22.5. The lowest BCUT2D eigenvalue weighted by Crippen LogP contribution is -2.45. The number of rotatable bonds is 1. The zero-order chi connectivity index (χ0) is 12.6. The molecular formula is C15H15NO2. The third kappa shape index (κ3) is 1.77. The van der Waals surface area contributed by atoms with E-state index in [0.29, 0.717) is 18.5 Å². The summed E-state index contributed by atoms with van der Waals surface area (Å²) in [5.41, 5.74) is 1.81. The Morgan fingerprint density at radius 3 is 2.56 bits per heavy atom. The van der Waals surface area contributed by atoms with Crippen molar-refractivity contribution in [1.82, 2.24) is 0 Å². The Morgan fingerprint density at radius 2 is 1.78 bits per heavy atom. The predicted octanol–water partition coefficient (Wildman–Crippen LogP) is 1.70. The number of aliphatic hydroxyl groups is 1. The molecule has 1 aromatic heterocycles. The molecule has 0 saturated carbocycles. The van der Waals surface area contributed by atoms with Gasteiger partial charge in [-0.3, -0.25) is 0 Å². The van der Waals surface area contributed by atoms with Crippen molar-refractivity contribution in [1.29, 1.82) is 0 Å². The summed E-state index contributed by atoms with van der Waals surface area (Å²) >= 11 is 0. The van der Waals surface area contributed by atoms with Crippen molar-refractivity contribution in [2.45, 2.75) is 24.9 Å². The molecule has 0 bridgehead atoms. The molecule has 18 heavy (non-hydrogen) atoms. The van der Waals surface area contributed by atoms with Crippen molar-refractivity contribution in [3.05, 3.63) is 70.7 Å². The fourth-order valence-corrected chi connectivity index (χ4v) is 2.73. The average Bonchev–Trinajstić information content (AvgIpc) is 2.39. The van der Waals surface area contributed by atoms with E-state index in [4.69, 9.17) is 0 Å². The van der Waals surface area contributed by atoms with Crippen LogP contribution in [0.15, 0.2) is 48.7 Å². The molecule has 3 heteroatoms. The van der Waals surface area contributed by atoms with Gasteiger partial charge in [-0.2, -0.15) is 4.73 Å². The Labute approximate surface area is 106 Å². The van der Waals surface area contributed by atoms with Crippen LogP contribution in [0, 0.1) is 5.21 Å². The number of hydrogen-bond donors (Lipinski definition) is 1. The van der Waals surface area contributed by atoms with Gasteiger partial charge < -0.3 is 10.3 Å². The molecule has 1 aromatic carbocycles. The monoisotopic (exact) mass is 241 g/mol. The van der Waals surface area contributed by atoms with Crippen LogP contribution in [0.4, 0.5) is 0 Å². The summed E-state index contributed by atoms with van der Waals surface area (Å²) < 4.78 is 0.772. The molecule has 1 atom stereocenters. The summed E-state index contributed by atoms with van der Waals surface area (Å²) in [5.74, 6) is 0. The molecule has 1 aliphatic rings. The number of benzene rings is 1. The minimum absolute atomic E-state index is 0.444. The fourth-order valence-electron chi connectivity index (χ4n) is 2.73. The second-order valence-corrected chi connectivity index (χ2v) is 4.89. The maximum Gasteiger partial charge on any atom is 0.224 e. The van der Waals surface area contributed by atoms with E-state index >= 15 is 0 Å². The Hall–Kier alpha value is -1.87. The van der Waals surface area contributed by atoms with Gasteiger partial charge in [0.05, 0.1) is 0 Å². The molecule has 0 fully saturated rings. The van der Waals surface area contributed by atoms with Crippen LogP contribution < -0.4 is 4.73 Å². The van der Waals surface area contributed by atoms with Crippen molar-refractivity contribution in [2.75, 3.05) is 0 Å². The highest BCUT2D eigenvalue weighted by Gasteiger charge is 2.39. The van der Waals surface area contributed by atoms with Gasteiger partial charge in [0.1, 0.15) is 0 Å². The van der Waals surface area contributed by atoms with Crippen LogP contribution in [0.5, 0.6) is 0 Å². The second kappa shape index (κ2) is 4.10. The quantitative estimate of drug-likeness (QED) is 0.610. The topological polar surface area (TPSA) is 47.2 Å². The van der Waals surface area contributed by atoms with E-state index in [-0.39, 0.29) is 0 Å². The highest BCUT2D eigenvalue weighted by atomic mass is 16.5. The van der Waals surface area contributed by atoms with Crippen molar-refractivity contribution in [3.8, 4) is 0 Å². The first-order chi connectivity index (χ1) is 8.69. The third-order valence-electron chi connectivity index (χ3n) is 3.71. The largest absolute Gasteiger partial charge is 0.618 e. The van der Waals surface area contributed by atoms with E-state index in [2.05, 4.69) is 6.07 Å². The molecule has 3 rings (SSSR count). The molecular weight excluding hydrogens is 226 g/mol. The highest BCUT2D eigenvalue weighted by molar-refractivity contribution is 5.33. The zero-order valence-electron chi connectivity index (χ0n) is 10.0. The summed E-state index contributed by atoms with van der Waals surface area (Å²) in [6, 6.07) is 13.3. The van der Waals surface area contributed by atoms with E-state index in [1.165, 1.54) is 11.8 Å². The van der Waals surface area contributed by atoms with Crippen LogP contribution in [0.3, 0.4) is 0 Å². The van der Waals surface area contributed by atoms with E-state index in [0.717, 1.165) is 16.7 Å².